The second-order valence-electron chi connectivity index (χ2n) is 5.39. The average Bonchev–Trinajstić information content (AvgIpc) is 2.74. The van der Waals surface area contributed by atoms with Crippen LogP contribution in [0.5, 0.6) is 0 Å². The highest BCUT2D eigenvalue weighted by molar-refractivity contribution is 5.35. The van der Waals surface area contributed by atoms with Crippen LogP contribution in [0.3, 0.4) is 0 Å². The van der Waals surface area contributed by atoms with E-state index in [4.69, 9.17) is 0 Å². The van der Waals surface area contributed by atoms with Crippen LogP contribution in [0.4, 0.5) is 0 Å². The molecule has 140 valence electrons. The van der Waals surface area contributed by atoms with E-state index in [0.717, 1.165) is 25.4 Å². The Balaban J connectivity index is 0.000000871. The molecule has 0 amide bonds. The normalized spacial score (nSPS) is 13.2. The minimum Gasteiger partial charge on any atom is -0.317 e. The molecule has 0 unspecified atom stereocenters. The van der Waals surface area contributed by atoms with Gasteiger partial charge in [0.15, 0.2) is 0 Å². The van der Waals surface area contributed by atoms with Crippen LogP contribution in [-0.2, 0) is 6.42 Å². The zero-order chi connectivity index (χ0) is 18.9. The smallest absolute Gasteiger partial charge is 0.00229 e. The van der Waals surface area contributed by atoms with Crippen molar-refractivity contribution in [1.29, 1.82) is 0 Å². The Labute approximate surface area is 156 Å². The molecule has 1 N–H and O–H groups in total. The molecular formula is C24H39N. The molecule has 0 radical (unpaired) electrons. The highest BCUT2D eigenvalue weighted by Crippen LogP contribution is 2.29. The van der Waals surface area contributed by atoms with Crippen molar-refractivity contribution in [3.05, 3.63) is 71.3 Å². The molecule has 3 rings (SSSR count). The Morgan fingerprint density at radius 1 is 0.720 bits per heavy atom. The van der Waals surface area contributed by atoms with Gasteiger partial charge in [0.25, 0.3) is 0 Å². The number of hydrogen-bond donors (Lipinski definition) is 1. The minimum absolute atomic E-state index is 0.737. The van der Waals surface area contributed by atoms with Crippen LogP contribution in [0.1, 0.15) is 77.0 Å². The molecule has 1 heterocycles. The maximum atomic E-state index is 3.45. The van der Waals surface area contributed by atoms with Crippen molar-refractivity contribution in [2.75, 3.05) is 13.1 Å². The zero-order valence-corrected chi connectivity index (χ0v) is 17.3. The minimum atomic E-state index is 0.737. The van der Waals surface area contributed by atoms with E-state index < -0.39 is 0 Å². The standard InChI is InChI=1S/C18H21N.3C2H6/c1-2-6-15(7-3-1)14-17-8-4-5-9-18(17)16-10-12-19-13-11-16;3*1-2/h1-9,16,19H,10-14H2;3*1-2H3. The van der Waals surface area contributed by atoms with E-state index >= 15 is 0 Å². The summed E-state index contributed by atoms with van der Waals surface area (Å²) in [5.74, 6) is 0.737. The van der Waals surface area contributed by atoms with Crippen LogP contribution in [0.25, 0.3) is 0 Å². The van der Waals surface area contributed by atoms with E-state index in [2.05, 4.69) is 59.9 Å². The van der Waals surface area contributed by atoms with Gasteiger partial charge in [0, 0.05) is 0 Å². The molecule has 0 aliphatic carbocycles. The molecule has 0 aromatic heterocycles. The van der Waals surface area contributed by atoms with Gasteiger partial charge >= 0.3 is 0 Å². The van der Waals surface area contributed by atoms with Crippen molar-refractivity contribution in [1.82, 2.24) is 5.32 Å². The summed E-state index contributed by atoms with van der Waals surface area (Å²) in [4.78, 5) is 0. The third-order valence-corrected chi connectivity index (χ3v) is 4.07. The van der Waals surface area contributed by atoms with E-state index in [1.807, 2.05) is 41.5 Å². The summed E-state index contributed by atoms with van der Waals surface area (Å²) >= 11 is 0. The Bertz CT molecular complexity index is 513. The summed E-state index contributed by atoms with van der Waals surface area (Å²) in [5.41, 5.74) is 4.47. The molecule has 2 aromatic carbocycles. The molecule has 1 heteroatoms. The van der Waals surface area contributed by atoms with E-state index in [-0.39, 0.29) is 0 Å². The lowest BCUT2D eigenvalue weighted by molar-refractivity contribution is 0.458. The van der Waals surface area contributed by atoms with Gasteiger partial charge in [-0.1, -0.05) is 96.1 Å². The quantitative estimate of drug-likeness (QED) is 0.645. The maximum absolute atomic E-state index is 3.45. The average molecular weight is 342 g/mol. The van der Waals surface area contributed by atoms with Gasteiger partial charge in [-0.2, -0.15) is 0 Å². The van der Waals surface area contributed by atoms with Crippen LogP contribution in [0.15, 0.2) is 54.6 Å². The lowest BCUT2D eigenvalue weighted by atomic mass is 9.85. The van der Waals surface area contributed by atoms with Crippen molar-refractivity contribution < 1.29 is 0 Å². The highest BCUT2D eigenvalue weighted by Gasteiger charge is 2.17. The fourth-order valence-electron chi connectivity index (χ4n) is 3.04. The molecule has 0 bridgehead atoms. The zero-order valence-electron chi connectivity index (χ0n) is 17.3. The SMILES string of the molecule is CC.CC.CC.c1ccc(Cc2ccccc2C2CCNCC2)cc1. The first-order valence-electron chi connectivity index (χ1n) is 10.3. The van der Waals surface area contributed by atoms with Crippen LogP contribution in [0, 0.1) is 0 Å². The molecule has 1 saturated heterocycles. The van der Waals surface area contributed by atoms with Crippen molar-refractivity contribution in [3.8, 4) is 0 Å². The highest BCUT2D eigenvalue weighted by atomic mass is 14.9. The van der Waals surface area contributed by atoms with E-state index in [0.29, 0.717) is 0 Å². The lowest BCUT2D eigenvalue weighted by Crippen LogP contribution is -2.27. The summed E-state index contributed by atoms with van der Waals surface area (Å²) in [6.45, 7) is 14.3. The Kier molecular flexibility index (Phi) is 14.9. The second kappa shape index (κ2) is 15.9. The monoisotopic (exact) mass is 341 g/mol. The van der Waals surface area contributed by atoms with Gasteiger partial charge < -0.3 is 5.32 Å². The van der Waals surface area contributed by atoms with Gasteiger partial charge in [0.05, 0.1) is 0 Å². The third kappa shape index (κ3) is 8.36. The Hall–Kier alpha value is -1.60. The molecule has 1 aliphatic rings. The lowest BCUT2D eigenvalue weighted by Gasteiger charge is -2.25. The van der Waals surface area contributed by atoms with Gasteiger partial charge in [-0.15, -0.1) is 0 Å². The van der Waals surface area contributed by atoms with Crippen molar-refractivity contribution in [2.45, 2.75) is 66.7 Å². The van der Waals surface area contributed by atoms with Gasteiger partial charge in [-0.3, -0.25) is 0 Å². The maximum Gasteiger partial charge on any atom is -0.00229 e. The molecule has 1 aliphatic heterocycles. The Morgan fingerprint density at radius 3 is 1.84 bits per heavy atom. The van der Waals surface area contributed by atoms with Gasteiger partial charge in [0.2, 0.25) is 0 Å². The molecule has 1 nitrogen and oxygen atoms in total. The Morgan fingerprint density at radius 2 is 1.24 bits per heavy atom. The summed E-state index contributed by atoms with van der Waals surface area (Å²) < 4.78 is 0. The van der Waals surface area contributed by atoms with E-state index in [1.54, 1.807) is 5.56 Å². The van der Waals surface area contributed by atoms with Crippen LogP contribution < -0.4 is 5.32 Å². The summed E-state index contributed by atoms with van der Waals surface area (Å²) in [6, 6.07) is 19.8. The summed E-state index contributed by atoms with van der Waals surface area (Å²) in [6.07, 6.45) is 3.60. The number of piperidine rings is 1. The predicted octanol–water partition coefficient (Wildman–Crippen LogP) is 6.82. The molecule has 1 fully saturated rings. The predicted molar refractivity (Wildman–Crippen MR) is 115 cm³/mol. The fourth-order valence-corrected chi connectivity index (χ4v) is 3.04. The van der Waals surface area contributed by atoms with E-state index in [9.17, 15) is 0 Å². The first kappa shape index (κ1) is 23.4. The third-order valence-electron chi connectivity index (χ3n) is 4.07. The molecule has 0 atom stereocenters. The fraction of sp³-hybridized carbons (Fsp3) is 0.500. The van der Waals surface area contributed by atoms with Crippen LogP contribution >= 0.6 is 0 Å². The van der Waals surface area contributed by atoms with Gasteiger partial charge in [-0.05, 0) is 55.0 Å². The van der Waals surface area contributed by atoms with Crippen molar-refractivity contribution >= 4 is 0 Å². The van der Waals surface area contributed by atoms with Gasteiger partial charge in [-0.25, -0.2) is 0 Å². The first-order valence-corrected chi connectivity index (χ1v) is 10.3. The van der Waals surface area contributed by atoms with Crippen LogP contribution in [0.2, 0.25) is 0 Å². The molecular weight excluding hydrogens is 302 g/mol. The largest absolute Gasteiger partial charge is 0.317 e. The van der Waals surface area contributed by atoms with E-state index in [1.165, 1.54) is 24.0 Å². The van der Waals surface area contributed by atoms with Crippen LogP contribution in [-0.4, -0.2) is 13.1 Å². The number of nitrogens with one attached hydrogen (secondary N) is 1. The molecule has 0 saturated carbocycles. The van der Waals surface area contributed by atoms with Crippen molar-refractivity contribution in [3.63, 3.8) is 0 Å². The molecule has 0 spiro atoms. The number of benzene rings is 2. The van der Waals surface area contributed by atoms with Crippen molar-refractivity contribution in [2.24, 2.45) is 0 Å². The topological polar surface area (TPSA) is 12.0 Å². The second-order valence-corrected chi connectivity index (χ2v) is 5.39. The molecule has 25 heavy (non-hydrogen) atoms. The number of hydrogen-bond acceptors (Lipinski definition) is 1. The number of rotatable bonds is 3. The first-order chi connectivity index (χ1) is 12.4. The molecule has 2 aromatic rings. The van der Waals surface area contributed by atoms with Gasteiger partial charge in [0.1, 0.15) is 0 Å². The summed E-state index contributed by atoms with van der Waals surface area (Å²) in [7, 11) is 0. The summed E-state index contributed by atoms with van der Waals surface area (Å²) in [5, 5.41) is 3.45.